The third-order valence-corrected chi connectivity index (χ3v) is 6.06. The number of nitrogens with one attached hydrogen (secondary N) is 1. The van der Waals surface area contributed by atoms with E-state index in [1.807, 2.05) is 10.8 Å². The molecule has 0 radical (unpaired) electrons. The van der Waals surface area contributed by atoms with Crippen molar-refractivity contribution < 1.29 is 18.0 Å². The van der Waals surface area contributed by atoms with Crippen LogP contribution in [0.15, 0.2) is 71.6 Å². The molecule has 0 atom stereocenters. The molecule has 148 valence electrons. The number of carbonyl (C=O) groups is 2. The van der Waals surface area contributed by atoms with E-state index >= 15 is 0 Å². The Morgan fingerprint density at radius 1 is 0.862 bits per heavy atom. The van der Waals surface area contributed by atoms with Gasteiger partial charge in [-0.25, -0.2) is 13.1 Å². The Hall–Kier alpha value is -2.67. The maximum Gasteiger partial charge on any atom is 0.266 e. The van der Waals surface area contributed by atoms with Crippen molar-refractivity contribution in [3.05, 3.63) is 87.9 Å². The van der Waals surface area contributed by atoms with Gasteiger partial charge in [-0.05, 0) is 54.4 Å². The van der Waals surface area contributed by atoms with Gasteiger partial charge in [-0.3, -0.25) is 9.59 Å². The second-order valence-corrected chi connectivity index (χ2v) is 8.75. The lowest BCUT2D eigenvalue weighted by Gasteiger charge is -2.09. The molecule has 0 saturated heterocycles. The van der Waals surface area contributed by atoms with Crippen LogP contribution in [0.5, 0.6) is 0 Å². The predicted octanol–water partition coefficient (Wildman–Crippen LogP) is 4.98. The highest BCUT2D eigenvalue weighted by Gasteiger charge is 2.20. The predicted molar refractivity (Wildman–Crippen MR) is 113 cm³/mol. The normalized spacial score (nSPS) is 11.1. The highest BCUT2D eigenvalue weighted by Crippen LogP contribution is 2.24. The van der Waals surface area contributed by atoms with Gasteiger partial charge in [0.15, 0.2) is 5.78 Å². The van der Waals surface area contributed by atoms with Crippen molar-refractivity contribution in [1.82, 2.24) is 4.72 Å². The SMILES string of the molecule is CC(=O)c1cccc(-c2ccc(S(=O)(=O)NC(=O)c3ccc(Cl)cc3Cl)cc2)c1. The molecule has 0 unspecified atom stereocenters. The maximum atomic E-state index is 12.5. The first-order valence-corrected chi connectivity index (χ1v) is 10.6. The van der Waals surface area contributed by atoms with Crippen LogP contribution in [-0.2, 0) is 10.0 Å². The summed E-state index contributed by atoms with van der Waals surface area (Å²) in [4.78, 5) is 23.8. The molecule has 29 heavy (non-hydrogen) atoms. The fourth-order valence-corrected chi connectivity index (χ4v) is 4.11. The standard InChI is InChI=1S/C21H15Cl2NO4S/c1-13(25)15-3-2-4-16(11-15)14-5-8-18(9-6-14)29(27,28)24-21(26)19-10-7-17(22)12-20(19)23/h2-12H,1H3,(H,24,26). The largest absolute Gasteiger partial charge is 0.295 e. The molecule has 1 N–H and O–H groups in total. The van der Waals surface area contributed by atoms with Gasteiger partial charge >= 0.3 is 0 Å². The van der Waals surface area contributed by atoms with Crippen LogP contribution >= 0.6 is 23.2 Å². The Labute approximate surface area is 178 Å². The molecular formula is C21H15Cl2NO4S. The van der Waals surface area contributed by atoms with Crippen molar-refractivity contribution >= 4 is 44.9 Å². The van der Waals surface area contributed by atoms with Gasteiger partial charge in [0, 0.05) is 10.6 Å². The minimum absolute atomic E-state index is 0.00249. The van der Waals surface area contributed by atoms with E-state index in [1.54, 1.807) is 30.3 Å². The Bertz CT molecular complexity index is 1210. The van der Waals surface area contributed by atoms with E-state index in [1.165, 1.54) is 37.3 Å². The van der Waals surface area contributed by atoms with E-state index in [2.05, 4.69) is 0 Å². The Kier molecular flexibility index (Phi) is 6.07. The van der Waals surface area contributed by atoms with Gasteiger partial charge in [-0.15, -0.1) is 0 Å². The Morgan fingerprint density at radius 2 is 1.55 bits per heavy atom. The van der Waals surface area contributed by atoms with Crippen molar-refractivity contribution in [3.63, 3.8) is 0 Å². The minimum atomic E-state index is -4.10. The summed E-state index contributed by atoms with van der Waals surface area (Å²) in [5.41, 5.74) is 2.07. The number of amides is 1. The third-order valence-electron chi connectivity index (χ3n) is 4.17. The molecule has 5 nitrogen and oxygen atoms in total. The van der Waals surface area contributed by atoms with Gasteiger partial charge in [0.25, 0.3) is 15.9 Å². The monoisotopic (exact) mass is 447 g/mol. The van der Waals surface area contributed by atoms with Crippen LogP contribution in [-0.4, -0.2) is 20.1 Å². The lowest BCUT2D eigenvalue weighted by atomic mass is 10.0. The summed E-state index contributed by atoms with van der Waals surface area (Å²) in [5, 5.41) is 0.379. The van der Waals surface area contributed by atoms with E-state index < -0.39 is 15.9 Å². The molecule has 3 aromatic carbocycles. The summed E-state index contributed by atoms with van der Waals surface area (Å²) in [6.07, 6.45) is 0. The van der Waals surface area contributed by atoms with Gasteiger partial charge in [-0.1, -0.05) is 53.5 Å². The molecule has 0 aliphatic carbocycles. The number of hydrogen-bond donors (Lipinski definition) is 1. The molecule has 0 saturated carbocycles. The average Bonchev–Trinajstić information content (AvgIpc) is 2.67. The number of hydrogen-bond acceptors (Lipinski definition) is 4. The highest BCUT2D eigenvalue weighted by molar-refractivity contribution is 7.90. The molecule has 8 heteroatoms. The number of rotatable bonds is 5. The van der Waals surface area contributed by atoms with E-state index in [0.29, 0.717) is 10.6 Å². The van der Waals surface area contributed by atoms with Crippen molar-refractivity contribution in [2.24, 2.45) is 0 Å². The van der Waals surface area contributed by atoms with Crippen LogP contribution in [0.25, 0.3) is 11.1 Å². The van der Waals surface area contributed by atoms with E-state index in [-0.39, 0.29) is 21.3 Å². The Morgan fingerprint density at radius 3 is 2.17 bits per heavy atom. The number of Topliss-reactive ketones (excluding diaryl/α,β-unsaturated/α-hetero) is 1. The van der Waals surface area contributed by atoms with Crippen LogP contribution in [0.3, 0.4) is 0 Å². The number of ketones is 1. The van der Waals surface area contributed by atoms with Crippen LogP contribution in [0.1, 0.15) is 27.6 Å². The molecule has 0 fully saturated rings. The molecule has 0 heterocycles. The van der Waals surface area contributed by atoms with E-state index in [9.17, 15) is 18.0 Å². The van der Waals surface area contributed by atoms with Crippen LogP contribution in [0, 0.1) is 0 Å². The topological polar surface area (TPSA) is 80.3 Å². The number of sulfonamides is 1. The first-order chi connectivity index (χ1) is 13.7. The molecule has 0 aromatic heterocycles. The van der Waals surface area contributed by atoms with Gasteiger partial charge in [-0.2, -0.15) is 0 Å². The summed E-state index contributed by atoms with van der Waals surface area (Å²) >= 11 is 11.7. The van der Waals surface area contributed by atoms with E-state index in [0.717, 1.165) is 11.1 Å². The molecule has 1 amide bonds. The van der Waals surface area contributed by atoms with Crippen molar-refractivity contribution in [3.8, 4) is 11.1 Å². The summed E-state index contributed by atoms with van der Waals surface area (Å²) in [6.45, 7) is 1.48. The van der Waals surface area contributed by atoms with Crippen LogP contribution in [0.4, 0.5) is 0 Å². The number of benzene rings is 3. The van der Waals surface area contributed by atoms with E-state index in [4.69, 9.17) is 23.2 Å². The lowest BCUT2D eigenvalue weighted by molar-refractivity contribution is 0.0979. The van der Waals surface area contributed by atoms with Gasteiger partial charge in [0.1, 0.15) is 0 Å². The summed E-state index contributed by atoms with van der Waals surface area (Å²) in [6, 6.07) is 17.1. The number of halogens is 2. The van der Waals surface area contributed by atoms with Gasteiger partial charge in [0.05, 0.1) is 15.5 Å². The fraction of sp³-hybridized carbons (Fsp3) is 0.0476. The molecule has 3 rings (SSSR count). The van der Waals surface area contributed by atoms with Gasteiger partial charge in [0.2, 0.25) is 0 Å². The molecular weight excluding hydrogens is 433 g/mol. The van der Waals surface area contributed by atoms with Crippen LogP contribution < -0.4 is 4.72 Å². The minimum Gasteiger partial charge on any atom is -0.295 e. The second-order valence-electron chi connectivity index (χ2n) is 6.22. The zero-order valence-corrected chi connectivity index (χ0v) is 17.5. The zero-order chi connectivity index (χ0) is 21.2. The van der Waals surface area contributed by atoms with Crippen molar-refractivity contribution in [2.75, 3.05) is 0 Å². The Balaban J connectivity index is 1.84. The molecule has 0 aliphatic rings. The summed E-state index contributed by atoms with van der Waals surface area (Å²) < 4.78 is 27.1. The molecule has 0 spiro atoms. The van der Waals surface area contributed by atoms with Gasteiger partial charge < -0.3 is 0 Å². The summed E-state index contributed by atoms with van der Waals surface area (Å²) in [5.74, 6) is -0.917. The average molecular weight is 448 g/mol. The first kappa shape index (κ1) is 21.0. The zero-order valence-electron chi connectivity index (χ0n) is 15.1. The van der Waals surface area contributed by atoms with Crippen LogP contribution in [0.2, 0.25) is 10.0 Å². The van der Waals surface area contributed by atoms with Crippen molar-refractivity contribution in [1.29, 1.82) is 0 Å². The second kappa shape index (κ2) is 8.37. The highest BCUT2D eigenvalue weighted by atomic mass is 35.5. The molecule has 3 aromatic rings. The maximum absolute atomic E-state index is 12.5. The number of carbonyl (C=O) groups excluding carboxylic acids is 2. The third kappa shape index (κ3) is 4.85. The molecule has 0 aliphatic heterocycles. The fourth-order valence-electron chi connectivity index (χ4n) is 2.65. The lowest BCUT2D eigenvalue weighted by Crippen LogP contribution is -2.30. The smallest absolute Gasteiger partial charge is 0.266 e. The molecule has 0 bridgehead atoms. The van der Waals surface area contributed by atoms with Crippen molar-refractivity contribution in [2.45, 2.75) is 11.8 Å². The first-order valence-electron chi connectivity index (χ1n) is 8.41. The quantitative estimate of drug-likeness (QED) is 0.559. The summed E-state index contributed by atoms with van der Waals surface area (Å²) in [7, 11) is -4.10.